The van der Waals surface area contributed by atoms with Crippen molar-refractivity contribution in [1.29, 1.82) is 0 Å². The van der Waals surface area contributed by atoms with Gasteiger partial charge in [0.05, 0.1) is 18.8 Å². The first-order valence-electron chi connectivity index (χ1n) is 11.4. The van der Waals surface area contributed by atoms with Gasteiger partial charge in [0.15, 0.2) is 0 Å². The molecule has 0 unspecified atom stereocenters. The zero-order valence-electron chi connectivity index (χ0n) is 19.6. The lowest BCUT2D eigenvalue weighted by molar-refractivity contribution is -0.136. The smallest absolute Gasteiger partial charge is 0.313 e. The van der Waals surface area contributed by atoms with Crippen LogP contribution >= 0.6 is 0 Å². The summed E-state index contributed by atoms with van der Waals surface area (Å²) in [7, 11) is 5.77. The van der Waals surface area contributed by atoms with Crippen molar-refractivity contribution in [2.45, 2.75) is 12.5 Å². The predicted molar refractivity (Wildman–Crippen MR) is 130 cm³/mol. The van der Waals surface area contributed by atoms with E-state index in [4.69, 9.17) is 4.74 Å². The summed E-state index contributed by atoms with van der Waals surface area (Å²) < 4.78 is 5.25. The Hall–Kier alpha value is -3.10. The van der Waals surface area contributed by atoms with E-state index in [1.165, 1.54) is 23.9 Å². The molecule has 0 aromatic heterocycles. The summed E-state index contributed by atoms with van der Waals surface area (Å²) in [6.07, 6.45) is 1.03. The van der Waals surface area contributed by atoms with E-state index in [2.05, 4.69) is 57.6 Å². The van der Waals surface area contributed by atoms with E-state index < -0.39 is 11.8 Å². The van der Waals surface area contributed by atoms with E-state index in [1.54, 1.807) is 18.2 Å². The maximum Gasteiger partial charge on any atom is 0.313 e. The van der Waals surface area contributed by atoms with Crippen LogP contribution < -0.4 is 20.3 Å². The SMILES string of the molecule is COc1ccccc1NC(=O)C(=O)NC[C@H](c1ccc2c(c1)CCN2C)N1CCN(C)CC1. The van der Waals surface area contributed by atoms with Gasteiger partial charge in [0.1, 0.15) is 5.75 Å². The maximum absolute atomic E-state index is 12.7. The molecule has 2 aliphatic rings. The van der Waals surface area contributed by atoms with Gasteiger partial charge in [0.25, 0.3) is 0 Å². The Kier molecular flexibility index (Phi) is 7.15. The molecule has 2 heterocycles. The van der Waals surface area contributed by atoms with Crippen LogP contribution in [-0.4, -0.2) is 82.1 Å². The molecule has 0 radical (unpaired) electrons. The molecule has 33 heavy (non-hydrogen) atoms. The molecule has 8 nitrogen and oxygen atoms in total. The number of piperazine rings is 1. The fourth-order valence-corrected chi connectivity index (χ4v) is 4.58. The summed E-state index contributed by atoms with van der Waals surface area (Å²) in [6.45, 7) is 5.19. The van der Waals surface area contributed by atoms with Gasteiger partial charge < -0.3 is 25.2 Å². The molecule has 1 atom stereocenters. The van der Waals surface area contributed by atoms with Gasteiger partial charge in [-0.1, -0.05) is 24.3 Å². The number of hydrogen-bond donors (Lipinski definition) is 2. The van der Waals surface area contributed by atoms with Gasteiger partial charge in [-0.15, -0.1) is 0 Å². The molecule has 2 amide bonds. The minimum absolute atomic E-state index is 0.0120. The second-order valence-corrected chi connectivity index (χ2v) is 8.78. The fraction of sp³-hybridized carbons (Fsp3) is 0.440. The number of anilines is 2. The molecule has 0 saturated carbocycles. The third-order valence-electron chi connectivity index (χ3n) is 6.61. The van der Waals surface area contributed by atoms with E-state index >= 15 is 0 Å². The van der Waals surface area contributed by atoms with Gasteiger partial charge in [-0.2, -0.15) is 0 Å². The molecule has 0 spiro atoms. The molecule has 0 aliphatic carbocycles. The van der Waals surface area contributed by atoms with E-state index in [0.29, 0.717) is 18.0 Å². The summed E-state index contributed by atoms with van der Waals surface area (Å²) in [6, 6.07) is 13.7. The third-order valence-corrected chi connectivity index (χ3v) is 6.61. The van der Waals surface area contributed by atoms with Crippen LogP contribution in [0.4, 0.5) is 11.4 Å². The Balaban J connectivity index is 1.46. The standard InChI is InChI=1S/C25H33N5O3/c1-28-12-14-30(15-13-28)22(18-8-9-21-19(16-18)10-11-29(21)2)17-26-24(31)25(32)27-20-6-4-5-7-23(20)33-3/h4-9,16,22H,10-15,17H2,1-3H3,(H,26,31)(H,27,32)/t22-/m1/s1. The number of nitrogens with one attached hydrogen (secondary N) is 2. The monoisotopic (exact) mass is 451 g/mol. The average Bonchev–Trinajstić information content (AvgIpc) is 3.20. The second-order valence-electron chi connectivity index (χ2n) is 8.78. The first-order chi connectivity index (χ1) is 16.0. The van der Waals surface area contributed by atoms with E-state index in [1.807, 2.05) is 6.07 Å². The van der Waals surface area contributed by atoms with Crippen LogP contribution in [0.5, 0.6) is 5.75 Å². The van der Waals surface area contributed by atoms with Gasteiger partial charge in [-0.05, 0) is 42.8 Å². The summed E-state index contributed by atoms with van der Waals surface area (Å²) in [4.78, 5) is 32.2. The number of nitrogens with zero attached hydrogens (tertiary/aromatic N) is 3. The number of carbonyl (C=O) groups excluding carboxylic acids is 2. The summed E-state index contributed by atoms with van der Waals surface area (Å²) in [5.41, 5.74) is 4.27. The van der Waals surface area contributed by atoms with Crippen LogP contribution in [0.3, 0.4) is 0 Å². The van der Waals surface area contributed by atoms with Crippen LogP contribution in [0.1, 0.15) is 17.2 Å². The van der Waals surface area contributed by atoms with Crippen molar-refractivity contribution in [3.8, 4) is 5.75 Å². The van der Waals surface area contributed by atoms with E-state index in [-0.39, 0.29) is 6.04 Å². The molecule has 2 aromatic rings. The average molecular weight is 452 g/mol. The molecule has 176 valence electrons. The van der Waals surface area contributed by atoms with Crippen LogP contribution in [0.15, 0.2) is 42.5 Å². The summed E-state index contributed by atoms with van der Waals surface area (Å²) in [5, 5.41) is 5.51. The maximum atomic E-state index is 12.7. The highest BCUT2D eigenvalue weighted by molar-refractivity contribution is 6.39. The number of benzene rings is 2. The minimum atomic E-state index is -0.702. The van der Waals surface area contributed by atoms with E-state index in [0.717, 1.165) is 39.1 Å². The second kappa shape index (κ2) is 10.2. The quantitative estimate of drug-likeness (QED) is 0.652. The van der Waals surface area contributed by atoms with Crippen molar-refractivity contribution in [2.24, 2.45) is 0 Å². The first-order valence-corrected chi connectivity index (χ1v) is 11.4. The highest BCUT2D eigenvalue weighted by Gasteiger charge is 2.27. The van der Waals surface area contributed by atoms with Crippen molar-refractivity contribution in [2.75, 3.05) is 70.7 Å². The molecule has 4 rings (SSSR count). The number of fused-ring (bicyclic) bond motifs is 1. The zero-order chi connectivity index (χ0) is 23.4. The number of methoxy groups -OCH3 is 1. The lowest BCUT2D eigenvalue weighted by Gasteiger charge is -2.38. The van der Waals surface area contributed by atoms with Crippen LogP contribution in [-0.2, 0) is 16.0 Å². The number of para-hydroxylation sites is 2. The Morgan fingerprint density at radius 3 is 2.52 bits per heavy atom. The number of amides is 2. The van der Waals surface area contributed by atoms with Crippen LogP contribution in [0.2, 0.25) is 0 Å². The number of ether oxygens (including phenoxy) is 1. The van der Waals surface area contributed by atoms with Crippen molar-refractivity contribution in [3.05, 3.63) is 53.6 Å². The summed E-state index contributed by atoms with van der Waals surface area (Å²) in [5.74, 6) is -0.842. The van der Waals surface area contributed by atoms with Crippen molar-refractivity contribution < 1.29 is 14.3 Å². The lowest BCUT2D eigenvalue weighted by atomic mass is 10.00. The normalized spacial score (nSPS) is 17.4. The Morgan fingerprint density at radius 2 is 1.76 bits per heavy atom. The van der Waals surface area contributed by atoms with Gasteiger partial charge >= 0.3 is 11.8 Å². The fourth-order valence-electron chi connectivity index (χ4n) is 4.58. The molecule has 2 aliphatic heterocycles. The highest BCUT2D eigenvalue weighted by atomic mass is 16.5. The lowest BCUT2D eigenvalue weighted by Crippen LogP contribution is -2.49. The number of hydrogen-bond acceptors (Lipinski definition) is 6. The third kappa shape index (κ3) is 5.29. The minimum Gasteiger partial charge on any atom is -0.495 e. The molecule has 2 N–H and O–H groups in total. The van der Waals surface area contributed by atoms with Crippen LogP contribution in [0.25, 0.3) is 0 Å². The number of likely N-dealkylation sites (N-methyl/N-ethyl adjacent to an activating group) is 2. The largest absolute Gasteiger partial charge is 0.495 e. The molecule has 0 bridgehead atoms. The topological polar surface area (TPSA) is 77.1 Å². The van der Waals surface area contributed by atoms with Gasteiger partial charge in [-0.3, -0.25) is 14.5 Å². The molecule has 1 fully saturated rings. The van der Waals surface area contributed by atoms with Gasteiger partial charge in [0.2, 0.25) is 0 Å². The highest BCUT2D eigenvalue weighted by Crippen LogP contribution is 2.31. The number of rotatable bonds is 6. The molecular formula is C25H33N5O3. The Labute approximate surface area is 195 Å². The number of carbonyl (C=O) groups is 2. The van der Waals surface area contributed by atoms with Crippen molar-refractivity contribution in [3.63, 3.8) is 0 Å². The van der Waals surface area contributed by atoms with E-state index in [9.17, 15) is 9.59 Å². The first kappa shape index (κ1) is 23.1. The van der Waals surface area contributed by atoms with Crippen molar-refractivity contribution >= 4 is 23.2 Å². The molecule has 2 aromatic carbocycles. The Bertz CT molecular complexity index is 1000. The molecule has 8 heteroatoms. The Morgan fingerprint density at radius 1 is 1.00 bits per heavy atom. The van der Waals surface area contributed by atoms with Crippen molar-refractivity contribution in [1.82, 2.24) is 15.1 Å². The molecule has 1 saturated heterocycles. The van der Waals surface area contributed by atoms with Crippen LogP contribution in [0, 0.1) is 0 Å². The predicted octanol–water partition coefficient (Wildman–Crippen LogP) is 1.73. The summed E-state index contributed by atoms with van der Waals surface area (Å²) >= 11 is 0. The van der Waals surface area contributed by atoms with Gasteiger partial charge in [0, 0.05) is 52.0 Å². The molecular weight excluding hydrogens is 418 g/mol. The van der Waals surface area contributed by atoms with Gasteiger partial charge in [-0.25, -0.2) is 0 Å². The zero-order valence-corrected chi connectivity index (χ0v) is 19.6.